The van der Waals surface area contributed by atoms with Crippen LogP contribution in [0.2, 0.25) is 5.02 Å². The van der Waals surface area contributed by atoms with Crippen LogP contribution in [0, 0.1) is 0 Å². The number of alkyl halides is 2. The lowest BCUT2D eigenvalue weighted by Gasteiger charge is -2.30. The summed E-state index contributed by atoms with van der Waals surface area (Å²) in [6, 6.07) is 11.3. The number of anilines is 2. The van der Waals surface area contributed by atoms with Crippen molar-refractivity contribution in [3.63, 3.8) is 0 Å². The molecule has 13 heteroatoms. The molecule has 1 saturated heterocycles. The van der Waals surface area contributed by atoms with Gasteiger partial charge in [-0.2, -0.15) is 8.78 Å². The SMILES string of the molecule is N[C@@H]1CN(Cc2ccc(Cl)cc2)c2cc(-c3nnc(N4CCOC(F)(F)C4)o3)ccc2S(=O)(=O)C1. The molecule has 1 atom stereocenters. The van der Waals surface area contributed by atoms with Gasteiger partial charge < -0.3 is 24.7 Å². The monoisotopic (exact) mass is 525 g/mol. The van der Waals surface area contributed by atoms with Crippen molar-refractivity contribution in [2.45, 2.75) is 23.6 Å². The molecule has 35 heavy (non-hydrogen) atoms. The molecule has 2 aliphatic heterocycles. The molecule has 0 spiro atoms. The molecular weight excluding hydrogens is 504 g/mol. The summed E-state index contributed by atoms with van der Waals surface area (Å²) in [5.74, 6) is -0.109. The lowest BCUT2D eigenvalue weighted by atomic mass is 10.1. The van der Waals surface area contributed by atoms with Crippen molar-refractivity contribution >= 4 is 33.1 Å². The molecule has 5 rings (SSSR count). The Labute approximate surface area is 205 Å². The van der Waals surface area contributed by atoms with Crippen molar-refractivity contribution in [3.8, 4) is 11.5 Å². The van der Waals surface area contributed by atoms with Gasteiger partial charge in [0.15, 0.2) is 9.84 Å². The summed E-state index contributed by atoms with van der Waals surface area (Å²) in [7, 11) is -3.64. The van der Waals surface area contributed by atoms with Crippen molar-refractivity contribution in [3.05, 3.63) is 53.1 Å². The van der Waals surface area contributed by atoms with Crippen LogP contribution in [-0.2, 0) is 21.1 Å². The van der Waals surface area contributed by atoms with Gasteiger partial charge in [0.25, 0.3) is 0 Å². The average Bonchev–Trinajstić information content (AvgIpc) is 3.26. The van der Waals surface area contributed by atoms with Crippen LogP contribution in [0.4, 0.5) is 20.5 Å². The maximum absolute atomic E-state index is 13.6. The molecule has 3 aromatic rings. The Balaban J connectivity index is 1.50. The third-order valence-electron chi connectivity index (χ3n) is 5.79. The second-order valence-electron chi connectivity index (χ2n) is 8.53. The number of hydrogen-bond acceptors (Lipinski definition) is 9. The van der Waals surface area contributed by atoms with Crippen molar-refractivity contribution in [1.82, 2.24) is 10.2 Å². The third-order valence-corrected chi connectivity index (χ3v) is 7.93. The number of nitrogens with zero attached hydrogens (tertiary/aromatic N) is 4. The fraction of sp³-hybridized carbons (Fsp3) is 0.364. The normalized spacial score (nSPS) is 21.4. The second-order valence-corrected chi connectivity index (χ2v) is 11.0. The van der Waals surface area contributed by atoms with E-state index in [-0.39, 0.29) is 35.7 Å². The number of rotatable bonds is 4. The van der Waals surface area contributed by atoms with E-state index in [0.717, 1.165) is 5.56 Å². The number of sulfone groups is 1. The number of hydrogen-bond donors (Lipinski definition) is 1. The Morgan fingerprint density at radius 1 is 1.17 bits per heavy atom. The van der Waals surface area contributed by atoms with Gasteiger partial charge in [-0.3, -0.25) is 0 Å². The van der Waals surface area contributed by atoms with E-state index < -0.39 is 28.5 Å². The number of nitrogens with two attached hydrogens (primary N) is 1. The highest BCUT2D eigenvalue weighted by Crippen LogP contribution is 2.35. The second kappa shape index (κ2) is 9.01. The van der Waals surface area contributed by atoms with Crippen LogP contribution in [0.1, 0.15) is 5.56 Å². The van der Waals surface area contributed by atoms with Crippen LogP contribution in [0.3, 0.4) is 0 Å². The molecule has 0 saturated carbocycles. The van der Waals surface area contributed by atoms with Crippen LogP contribution < -0.4 is 15.5 Å². The Kier molecular flexibility index (Phi) is 6.16. The van der Waals surface area contributed by atoms with Gasteiger partial charge >= 0.3 is 12.1 Å². The number of halogens is 3. The zero-order chi connectivity index (χ0) is 24.8. The van der Waals surface area contributed by atoms with E-state index in [4.69, 9.17) is 21.8 Å². The molecule has 1 aromatic heterocycles. The first-order valence-electron chi connectivity index (χ1n) is 10.8. The molecular formula is C22H22ClF2N5O4S. The summed E-state index contributed by atoms with van der Waals surface area (Å²) in [5, 5.41) is 8.50. The molecule has 0 aliphatic carbocycles. The van der Waals surface area contributed by atoms with E-state index in [2.05, 4.69) is 14.9 Å². The molecule has 0 radical (unpaired) electrons. The molecule has 186 valence electrons. The summed E-state index contributed by atoms with van der Waals surface area (Å²) in [6.45, 7) is -0.0113. The van der Waals surface area contributed by atoms with Gasteiger partial charge in [-0.1, -0.05) is 28.8 Å². The molecule has 0 bridgehead atoms. The fourth-order valence-electron chi connectivity index (χ4n) is 4.20. The van der Waals surface area contributed by atoms with Crippen molar-refractivity contribution in [2.75, 3.05) is 41.8 Å². The summed E-state index contributed by atoms with van der Waals surface area (Å²) >= 11 is 6.00. The molecule has 0 amide bonds. The number of fused-ring (bicyclic) bond motifs is 1. The molecule has 2 aliphatic rings. The van der Waals surface area contributed by atoms with E-state index in [9.17, 15) is 17.2 Å². The van der Waals surface area contributed by atoms with Crippen LogP contribution in [-0.4, -0.2) is 62.8 Å². The minimum Gasteiger partial charge on any atom is -0.403 e. The molecule has 2 N–H and O–H groups in total. The van der Waals surface area contributed by atoms with Crippen molar-refractivity contribution in [2.24, 2.45) is 5.73 Å². The van der Waals surface area contributed by atoms with Crippen LogP contribution in [0.25, 0.3) is 11.5 Å². The average molecular weight is 526 g/mol. The quantitative estimate of drug-likeness (QED) is 0.549. The summed E-state index contributed by atoms with van der Waals surface area (Å²) < 4.78 is 63.3. The molecule has 9 nitrogen and oxygen atoms in total. The predicted octanol–water partition coefficient (Wildman–Crippen LogP) is 2.94. The van der Waals surface area contributed by atoms with E-state index in [1.165, 1.54) is 11.0 Å². The Morgan fingerprint density at radius 3 is 2.69 bits per heavy atom. The van der Waals surface area contributed by atoms with Crippen LogP contribution >= 0.6 is 11.6 Å². The van der Waals surface area contributed by atoms with Gasteiger partial charge in [0.1, 0.15) is 6.54 Å². The highest BCUT2D eigenvalue weighted by molar-refractivity contribution is 7.91. The largest absolute Gasteiger partial charge is 0.403 e. The first kappa shape index (κ1) is 23.9. The van der Waals surface area contributed by atoms with Crippen LogP contribution in [0.5, 0.6) is 0 Å². The van der Waals surface area contributed by atoms with Gasteiger partial charge in [-0.25, -0.2) is 8.42 Å². The Bertz CT molecular complexity index is 1340. The molecule has 1 fully saturated rings. The van der Waals surface area contributed by atoms with Crippen molar-refractivity contribution < 1.29 is 26.4 Å². The maximum atomic E-state index is 13.6. The number of benzene rings is 2. The third kappa shape index (κ3) is 5.10. The zero-order valence-corrected chi connectivity index (χ0v) is 20.0. The molecule has 2 aromatic carbocycles. The number of aromatic nitrogens is 2. The smallest absolute Gasteiger partial charge is 0.373 e. The highest BCUT2D eigenvalue weighted by atomic mass is 35.5. The van der Waals surface area contributed by atoms with Gasteiger partial charge in [0.2, 0.25) is 5.89 Å². The number of ether oxygens (including phenoxy) is 1. The van der Waals surface area contributed by atoms with E-state index in [0.29, 0.717) is 29.4 Å². The number of morpholine rings is 1. The Hall–Kier alpha value is -2.80. The van der Waals surface area contributed by atoms with E-state index in [1.54, 1.807) is 24.3 Å². The van der Waals surface area contributed by atoms with Gasteiger partial charge in [-0.15, -0.1) is 5.10 Å². The zero-order valence-electron chi connectivity index (χ0n) is 18.4. The first-order chi connectivity index (χ1) is 16.6. The fourth-order valence-corrected chi connectivity index (χ4v) is 5.96. The van der Waals surface area contributed by atoms with E-state index in [1.807, 2.05) is 17.0 Å². The van der Waals surface area contributed by atoms with E-state index >= 15 is 0 Å². The van der Waals surface area contributed by atoms with Gasteiger partial charge in [0.05, 0.1) is 22.9 Å². The van der Waals surface area contributed by atoms with Gasteiger partial charge in [-0.05, 0) is 35.9 Å². The molecule has 0 unspecified atom stereocenters. The summed E-state index contributed by atoms with van der Waals surface area (Å²) in [5.41, 5.74) is 7.98. The van der Waals surface area contributed by atoms with Crippen LogP contribution in [0.15, 0.2) is 51.8 Å². The highest BCUT2D eigenvalue weighted by Gasteiger charge is 2.38. The topological polar surface area (TPSA) is 115 Å². The first-order valence-corrected chi connectivity index (χ1v) is 12.9. The summed E-state index contributed by atoms with van der Waals surface area (Å²) in [6.07, 6.45) is -3.31. The lowest BCUT2D eigenvalue weighted by Crippen LogP contribution is -2.46. The van der Waals surface area contributed by atoms with Gasteiger partial charge in [0, 0.05) is 36.3 Å². The summed E-state index contributed by atoms with van der Waals surface area (Å²) in [4.78, 5) is 3.28. The lowest BCUT2D eigenvalue weighted by molar-refractivity contribution is -0.240. The molecule has 3 heterocycles. The minimum absolute atomic E-state index is 0.0643. The predicted molar refractivity (Wildman–Crippen MR) is 125 cm³/mol. The standard InChI is InChI=1S/C22H22ClF2N5O4S/c23-16-4-1-14(2-5-16)10-30-11-17(26)12-35(31,32)19-6-3-15(9-18(19)30)20-27-28-21(34-20)29-7-8-33-22(24,25)13-29/h1-6,9,17H,7-8,10-13,26H2/t17-/m1/s1. The minimum atomic E-state index is -3.64. The maximum Gasteiger partial charge on any atom is 0.373 e. The Morgan fingerprint density at radius 2 is 1.94 bits per heavy atom. The van der Waals surface area contributed by atoms with Crippen molar-refractivity contribution in [1.29, 1.82) is 0 Å².